The predicted octanol–water partition coefficient (Wildman–Crippen LogP) is 16.7. The van der Waals surface area contributed by atoms with E-state index in [9.17, 15) is 4.79 Å². The van der Waals surface area contributed by atoms with Crippen LogP contribution in [-0.4, -0.2) is 14.9 Å². The third-order valence-electron chi connectivity index (χ3n) is 14.3. The van der Waals surface area contributed by atoms with E-state index in [4.69, 9.17) is 17.7 Å². The fourth-order valence-corrected chi connectivity index (χ4v) is 11.2. The highest BCUT2D eigenvalue weighted by Gasteiger charge is 2.21. The van der Waals surface area contributed by atoms with Crippen LogP contribution in [0.4, 0.5) is 0 Å². The van der Waals surface area contributed by atoms with Gasteiger partial charge in [0.2, 0.25) is 0 Å². The molecule has 0 saturated heterocycles. The molecule has 0 spiro atoms. The Balaban J connectivity index is 0.799. The van der Waals surface area contributed by atoms with E-state index >= 15 is 0 Å². The highest BCUT2D eigenvalue weighted by molar-refractivity contribution is 6.21. The van der Waals surface area contributed by atoms with Crippen LogP contribution in [0.2, 0.25) is 0 Å². The number of rotatable bonds is 4. The van der Waals surface area contributed by atoms with Gasteiger partial charge in [0.1, 0.15) is 44.7 Å². The highest BCUT2D eigenvalue weighted by atomic mass is 16.3. The summed E-state index contributed by atoms with van der Waals surface area (Å²) < 4.78 is 30.3. The van der Waals surface area contributed by atoms with Crippen molar-refractivity contribution in [3.8, 4) is 11.4 Å². The van der Waals surface area contributed by atoms with Crippen molar-refractivity contribution in [2.75, 3.05) is 0 Å². The smallest absolute Gasteiger partial charge is 0.193 e. The average molecular weight is 873 g/mol. The number of para-hydroxylation sites is 4. The largest absolute Gasteiger partial charge is 0.456 e. The molecule has 0 N–H and O–H groups in total. The lowest BCUT2D eigenvalue weighted by atomic mass is 9.99. The monoisotopic (exact) mass is 872 g/mol. The van der Waals surface area contributed by atoms with Crippen molar-refractivity contribution in [2.24, 2.45) is 0 Å². The second-order valence-corrected chi connectivity index (χ2v) is 17.9. The van der Waals surface area contributed by atoms with Crippen LogP contribution in [0.15, 0.2) is 212 Å². The number of hydrogen-bond donors (Lipinski definition) is 0. The van der Waals surface area contributed by atoms with Crippen molar-refractivity contribution in [1.29, 1.82) is 0 Å². The first-order valence-corrected chi connectivity index (χ1v) is 22.7. The van der Waals surface area contributed by atoms with Gasteiger partial charge in [-0.1, -0.05) is 72.8 Å². The Morgan fingerprint density at radius 3 is 0.912 bits per heavy atom. The third kappa shape index (κ3) is 4.83. The van der Waals surface area contributed by atoms with Crippen molar-refractivity contribution < 1.29 is 22.5 Å². The summed E-state index contributed by atoms with van der Waals surface area (Å²) in [4.78, 5) is 14.5. The number of carbonyl (C=O) groups is 1. The van der Waals surface area contributed by atoms with Crippen LogP contribution in [-0.2, 0) is 0 Å². The zero-order valence-corrected chi connectivity index (χ0v) is 35.9. The van der Waals surface area contributed by atoms with Gasteiger partial charge in [0.15, 0.2) is 5.78 Å². The number of aromatic nitrogens is 2. The number of carbonyl (C=O) groups excluding carboxylic acids is 1. The van der Waals surface area contributed by atoms with Crippen molar-refractivity contribution in [2.45, 2.75) is 0 Å². The van der Waals surface area contributed by atoms with Crippen LogP contribution in [0.1, 0.15) is 15.9 Å². The number of nitrogens with zero attached hydrogens (tertiary/aromatic N) is 2. The molecule has 6 heterocycles. The van der Waals surface area contributed by atoms with Crippen molar-refractivity contribution in [3.05, 3.63) is 205 Å². The van der Waals surface area contributed by atoms with E-state index in [1.165, 1.54) is 21.5 Å². The Labute approximate surface area is 383 Å². The Morgan fingerprint density at radius 2 is 0.559 bits per heavy atom. The third-order valence-corrected chi connectivity index (χ3v) is 14.3. The number of ketones is 1. The average Bonchev–Trinajstić information content (AvgIpc) is 4.23. The molecule has 0 aliphatic heterocycles. The van der Waals surface area contributed by atoms with Gasteiger partial charge in [0.05, 0.1) is 22.1 Å². The molecule has 0 amide bonds. The molecule has 7 nitrogen and oxygen atoms in total. The first kappa shape index (κ1) is 36.0. The van der Waals surface area contributed by atoms with E-state index in [0.717, 1.165) is 98.9 Å². The molecule has 16 aromatic rings. The summed E-state index contributed by atoms with van der Waals surface area (Å²) in [6, 6.07) is 66.5. The Hall–Kier alpha value is -9.33. The summed E-state index contributed by atoms with van der Waals surface area (Å²) in [6.45, 7) is 0. The quantitative estimate of drug-likeness (QED) is 0.165. The maximum atomic E-state index is 14.5. The van der Waals surface area contributed by atoms with Crippen LogP contribution in [0.25, 0.3) is 143 Å². The van der Waals surface area contributed by atoms with E-state index in [0.29, 0.717) is 33.5 Å². The van der Waals surface area contributed by atoms with Crippen LogP contribution >= 0.6 is 0 Å². The molecule has 0 aliphatic carbocycles. The molecule has 0 radical (unpaired) electrons. The van der Waals surface area contributed by atoms with Crippen LogP contribution in [0.5, 0.6) is 0 Å². The van der Waals surface area contributed by atoms with Gasteiger partial charge >= 0.3 is 0 Å². The minimum absolute atomic E-state index is 0.0891. The molecule has 0 bridgehead atoms. The molecule has 0 aliphatic rings. The maximum Gasteiger partial charge on any atom is 0.193 e. The summed E-state index contributed by atoms with van der Waals surface area (Å²) in [6.07, 6.45) is 0. The van der Waals surface area contributed by atoms with Crippen molar-refractivity contribution in [3.63, 3.8) is 0 Å². The molecule has 10 aromatic carbocycles. The summed E-state index contributed by atoms with van der Waals surface area (Å²) in [5.74, 6) is -0.0891. The molecular weight excluding hydrogens is 841 g/mol. The van der Waals surface area contributed by atoms with Gasteiger partial charge in [-0.15, -0.1) is 0 Å². The van der Waals surface area contributed by atoms with Crippen molar-refractivity contribution in [1.82, 2.24) is 9.13 Å². The van der Waals surface area contributed by atoms with Gasteiger partial charge in [-0.3, -0.25) is 4.79 Å². The molecule has 0 atom stereocenters. The molecule has 68 heavy (non-hydrogen) atoms. The summed E-state index contributed by atoms with van der Waals surface area (Å²) in [7, 11) is 0. The van der Waals surface area contributed by atoms with Crippen molar-refractivity contribution >= 4 is 137 Å². The molecule has 7 heteroatoms. The topological polar surface area (TPSA) is 79.5 Å². The summed E-state index contributed by atoms with van der Waals surface area (Å²) >= 11 is 0. The number of benzene rings is 10. The summed E-state index contributed by atoms with van der Waals surface area (Å²) in [5.41, 5.74) is 13.7. The lowest BCUT2D eigenvalue weighted by Gasteiger charge is -2.08. The highest BCUT2D eigenvalue weighted by Crippen LogP contribution is 2.42. The number of furan rings is 4. The fourth-order valence-electron chi connectivity index (χ4n) is 11.2. The minimum Gasteiger partial charge on any atom is -0.456 e. The zero-order chi connectivity index (χ0) is 44.4. The Bertz CT molecular complexity index is 4480. The van der Waals surface area contributed by atoms with Crippen LogP contribution in [0, 0.1) is 0 Å². The fraction of sp³-hybridized carbons (Fsp3) is 0. The van der Waals surface area contributed by atoms with Gasteiger partial charge < -0.3 is 26.8 Å². The standard InChI is InChI=1S/C61H32N2O5/c64-61(33-17-21-53-41(25-33)45-29-47-43-27-35(19-23-55(43)67-59(47)31-57(45)65-53)62-49-13-5-1-9-37(49)38-10-2-6-14-50(38)62)34-18-22-54-42(26-34)46-30-48-44-28-36(20-24-56(44)68-60(48)32-58(46)66-54)63-51-15-7-3-11-39(51)40-12-4-8-16-52(40)63/h1-32H. The second kappa shape index (κ2) is 12.9. The van der Waals surface area contributed by atoms with E-state index < -0.39 is 0 Å². The van der Waals surface area contributed by atoms with Gasteiger partial charge in [-0.05, 0) is 109 Å². The maximum absolute atomic E-state index is 14.5. The SMILES string of the molecule is O=C(c1ccc2oc3cc4oc5ccc(-n6c7ccccc7c7ccccc76)cc5c4cc3c2c1)c1ccc2oc3cc4oc5ccc(-n6c7ccccc7c7ccccc76)cc5c4cc3c2c1. The van der Waals surface area contributed by atoms with Gasteiger partial charge in [0.25, 0.3) is 0 Å². The van der Waals surface area contributed by atoms with E-state index in [1.54, 1.807) is 0 Å². The lowest BCUT2D eigenvalue weighted by molar-refractivity contribution is 0.103. The summed E-state index contributed by atoms with van der Waals surface area (Å²) in [5, 5.41) is 12.4. The van der Waals surface area contributed by atoms with Crippen LogP contribution < -0.4 is 0 Å². The van der Waals surface area contributed by atoms with E-state index in [1.807, 2.05) is 48.5 Å². The Morgan fingerprint density at radius 1 is 0.265 bits per heavy atom. The molecule has 0 unspecified atom stereocenters. The van der Waals surface area contributed by atoms with Gasteiger partial charge in [-0.25, -0.2) is 0 Å². The van der Waals surface area contributed by atoms with E-state index in [-0.39, 0.29) is 5.78 Å². The predicted molar refractivity (Wildman–Crippen MR) is 274 cm³/mol. The number of fused-ring (bicyclic) bond motifs is 18. The van der Waals surface area contributed by atoms with Gasteiger partial charge in [-0.2, -0.15) is 0 Å². The molecule has 0 saturated carbocycles. The first-order valence-electron chi connectivity index (χ1n) is 22.7. The Kier molecular flexibility index (Phi) is 6.84. The lowest BCUT2D eigenvalue weighted by Crippen LogP contribution is -2.00. The molecule has 0 fully saturated rings. The zero-order valence-electron chi connectivity index (χ0n) is 35.9. The first-order chi connectivity index (χ1) is 33.6. The van der Waals surface area contributed by atoms with Crippen LogP contribution in [0.3, 0.4) is 0 Å². The minimum atomic E-state index is -0.0891. The number of hydrogen-bond acceptors (Lipinski definition) is 5. The normalized spacial score (nSPS) is 12.5. The molecule has 16 rings (SSSR count). The molecule has 316 valence electrons. The van der Waals surface area contributed by atoms with Gasteiger partial charge in [0, 0.05) is 99.3 Å². The molecule has 6 aromatic heterocycles. The second-order valence-electron chi connectivity index (χ2n) is 17.9. The molecular formula is C61H32N2O5. The van der Waals surface area contributed by atoms with E-state index in [2.05, 4.69) is 155 Å².